The first-order valence-corrected chi connectivity index (χ1v) is 5.13. The highest BCUT2D eigenvalue weighted by atomic mass is 16.3. The van der Waals surface area contributed by atoms with Gasteiger partial charge in [-0.1, -0.05) is 37.3 Å². The summed E-state index contributed by atoms with van der Waals surface area (Å²) >= 11 is 0. The van der Waals surface area contributed by atoms with E-state index in [4.69, 9.17) is 0 Å². The normalized spacial score (nSPS) is 10.5. The monoisotopic (exact) mass is 202 g/mol. The minimum Gasteiger partial charge on any atom is -0.504 e. The van der Waals surface area contributed by atoms with Crippen molar-refractivity contribution in [3.63, 3.8) is 0 Å². The number of hydrogen-bond acceptors (Lipinski definition) is 2. The third-order valence-corrected chi connectivity index (χ3v) is 2.24. The van der Waals surface area contributed by atoms with E-state index >= 15 is 0 Å². The summed E-state index contributed by atoms with van der Waals surface area (Å²) in [5, 5.41) is 14.1. The van der Waals surface area contributed by atoms with Crippen LogP contribution in [0.4, 0.5) is 0 Å². The van der Waals surface area contributed by atoms with Crippen molar-refractivity contribution in [3.05, 3.63) is 36.5 Å². The second-order valence-corrected chi connectivity index (χ2v) is 3.49. The molecule has 0 unspecified atom stereocenters. The molecular weight excluding hydrogens is 188 g/mol. The van der Waals surface area contributed by atoms with Crippen LogP contribution in [-0.4, -0.2) is 14.9 Å². The average molecular weight is 202 g/mol. The standard InChI is InChI=1S/C12H14N2O/c1-2-8-14-9-11(15)12(13-14)10-6-4-3-5-7-10/h3-7,9,15H,2,8H2,1H3. The summed E-state index contributed by atoms with van der Waals surface area (Å²) in [6.45, 7) is 2.92. The van der Waals surface area contributed by atoms with E-state index in [9.17, 15) is 5.11 Å². The van der Waals surface area contributed by atoms with Crippen LogP contribution in [-0.2, 0) is 6.54 Å². The van der Waals surface area contributed by atoms with Gasteiger partial charge in [-0.15, -0.1) is 0 Å². The van der Waals surface area contributed by atoms with Crippen molar-refractivity contribution in [1.29, 1.82) is 0 Å². The van der Waals surface area contributed by atoms with Crippen LogP contribution >= 0.6 is 0 Å². The summed E-state index contributed by atoms with van der Waals surface area (Å²) in [6.07, 6.45) is 2.68. The molecule has 0 amide bonds. The van der Waals surface area contributed by atoms with Gasteiger partial charge in [-0.2, -0.15) is 5.10 Å². The first-order chi connectivity index (χ1) is 7.31. The Labute approximate surface area is 89.0 Å². The van der Waals surface area contributed by atoms with Gasteiger partial charge in [-0.25, -0.2) is 0 Å². The first kappa shape index (κ1) is 9.77. The van der Waals surface area contributed by atoms with Crippen molar-refractivity contribution in [2.45, 2.75) is 19.9 Å². The van der Waals surface area contributed by atoms with E-state index in [1.807, 2.05) is 30.3 Å². The molecule has 1 aromatic heterocycles. The zero-order valence-corrected chi connectivity index (χ0v) is 8.72. The maximum atomic E-state index is 9.73. The molecule has 0 aliphatic carbocycles. The lowest BCUT2D eigenvalue weighted by Crippen LogP contribution is -1.96. The molecule has 1 N–H and O–H groups in total. The maximum Gasteiger partial charge on any atom is 0.161 e. The van der Waals surface area contributed by atoms with Gasteiger partial charge in [-0.05, 0) is 6.42 Å². The van der Waals surface area contributed by atoms with E-state index < -0.39 is 0 Å². The zero-order valence-electron chi connectivity index (χ0n) is 8.72. The van der Waals surface area contributed by atoms with Crippen LogP contribution in [0.5, 0.6) is 5.75 Å². The van der Waals surface area contributed by atoms with Gasteiger partial charge in [0.1, 0.15) is 5.69 Å². The Kier molecular flexibility index (Phi) is 2.72. The Morgan fingerprint density at radius 2 is 2.00 bits per heavy atom. The lowest BCUT2D eigenvalue weighted by atomic mass is 10.1. The van der Waals surface area contributed by atoms with Crippen molar-refractivity contribution < 1.29 is 5.11 Å². The molecule has 0 radical (unpaired) electrons. The van der Waals surface area contributed by atoms with Crippen molar-refractivity contribution >= 4 is 0 Å². The molecule has 1 aromatic carbocycles. The molecule has 15 heavy (non-hydrogen) atoms. The number of aromatic hydroxyl groups is 1. The largest absolute Gasteiger partial charge is 0.504 e. The van der Waals surface area contributed by atoms with Gasteiger partial charge in [-0.3, -0.25) is 4.68 Å². The number of rotatable bonds is 3. The first-order valence-electron chi connectivity index (χ1n) is 5.13. The summed E-state index contributed by atoms with van der Waals surface area (Å²) in [5.41, 5.74) is 1.61. The zero-order chi connectivity index (χ0) is 10.7. The Bertz CT molecular complexity index is 434. The minimum absolute atomic E-state index is 0.245. The molecule has 1 heterocycles. The summed E-state index contributed by atoms with van der Waals surface area (Å²) < 4.78 is 1.78. The summed E-state index contributed by atoms with van der Waals surface area (Å²) in [7, 11) is 0. The molecule has 0 aliphatic heterocycles. The number of benzene rings is 1. The third kappa shape index (κ3) is 2.01. The van der Waals surface area contributed by atoms with Crippen LogP contribution in [0.1, 0.15) is 13.3 Å². The smallest absolute Gasteiger partial charge is 0.161 e. The van der Waals surface area contributed by atoms with E-state index in [0.717, 1.165) is 18.5 Å². The van der Waals surface area contributed by atoms with Crippen molar-refractivity contribution in [3.8, 4) is 17.0 Å². The molecule has 0 fully saturated rings. The second-order valence-electron chi connectivity index (χ2n) is 3.49. The molecule has 0 atom stereocenters. The Morgan fingerprint density at radius 1 is 1.27 bits per heavy atom. The molecular formula is C12H14N2O. The van der Waals surface area contributed by atoms with Crippen LogP contribution in [0.2, 0.25) is 0 Å². The molecule has 2 rings (SSSR count). The molecule has 0 spiro atoms. The molecule has 78 valence electrons. The second kappa shape index (κ2) is 4.17. The fourth-order valence-corrected chi connectivity index (χ4v) is 1.56. The highest BCUT2D eigenvalue weighted by Crippen LogP contribution is 2.26. The van der Waals surface area contributed by atoms with Gasteiger partial charge in [0.25, 0.3) is 0 Å². The van der Waals surface area contributed by atoms with Crippen molar-refractivity contribution in [2.75, 3.05) is 0 Å². The molecule has 0 bridgehead atoms. The van der Waals surface area contributed by atoms with Crippen molar-refractivity contribution in [2.24, 2.45) is 0 Å². The number of aryl methyl sites for hydroxylation is 1. The van der Waals surface area contributed by atoms with Gasteiger partial charge in [0.05, 0.1) is 6.20 Å². The van der Waals surface area contributed by atoms with Gasteiger partial charge in [0.15, 0.2) is 5.75 Å². The fraction of sp³-hybridized carbons (Fsp3) is 0.250. The Morgan fingerprint density at radius 3 is 2.67 bits per heavy atom. The van der Waals surface area contributed by atoms with Crippen LogP contribution in [0, 0.1) is 0 Å². The SMILES string of the molecule is CCCn1cc(O)c(-c2ccccc2)n1. The van der Waals surface area contributed by atoms with Crippen LogP contribution < -0.4 is 0 Å². The maximum absolute atomic E-state index is 9.73. The van der Waals surface area contributed by atoms with Gasteiger partial charge in [0, 0.05) is 12.1 Å². The Balaban J connectivity index is 2.36. The van der Waals surface area contributed by atoms with E-state index in [2.05, 4.69) is 12.0 Å². The number of hydrogen-bond donors (Lipinski definition) is 1. The average Bonchev–Trinajstić information content (AvgIpc) is 2.61. The van der Waals surface area contributed by atoms with Gasteiger partial charge < -0.3 is 5.11 Å². The number of aromatic nitrogens is 2. The van der Waals surface area contributed by atoms with Gasteiger partial charge in [0.2, 0.25) is 0 Å². The van der Waals surface area contributed by atoms with E-state index in [-0.39, 0.29) is 5.75 Å². The summed E-state index contributed by atoms with van der Waals surface area (Å²) in [4.78, 5) is 0. The van der Waals surface area contributed by atoms with Crippen LogP contribution in [0.15, 0.2) is 36.5 Å². The van der Waals surface area contributed by atoms with Gasteiger partial charge >= 0.3 is 0 Å². The lowest BCUT2D eigenvalue weighted by molar-refractivity contribution is 0.474. The molecule has 2 aromatic rings. The highest BCUT2D eigenvalue weighted by Gasteiger charge is 2.08. The predicted octanol–water partition coefficient (Wildman–Crippen LogP) is 2.67. The molecule has 3 nitrogen and oxygen atoms in total. The third-order valence-electron chi connectivity index (χ3n) is 2.24. The topological polar surface area (TPSA) is 38.0 Å². The molecule has 0 saturated carbocycles. The summed E-state index contributed by atoms with van der Waals surface area (Å²) in [5.74, 6) is 0.245. The minimum atomic E-state index is 0.245. The summed E-state index contributed by atoms with van der Waals surface area (Å²) in [6, 6.07) is 9.71. The van der Waals surface area contributed by atoms with E-state index in [1.54, 1.807) is 10.9 Å². The van der Waals surface area contributed by atoms with E-state index in [1.165, 1.54) is 0 Å². The van der Waals surface area contributed by atoms with E-state index in [0.29, 0.717) is 5.69 Å². The number of nitrogens with zero attached hydrogens (tertiary/aromatic N) is 2. The Hall–Kier alpha value is -1.77. The fourth-order valence-electron chi connectivity index (χ4n) is 1.56. The molecule has 0 saturated heterocycles. The van der Waals surface area contributed by atoms with Crippen LogP contribution in [0.25, 0.3) is 11.3 Å². The quantitative estimate of drug-likeness (QED) is 0.830. The molecule has 0 aliphatic rings. The van der Waals surface area contributed by atoms with Crippen LogP contribution in [0.3, 0.4) is 0 Å². The predicted molar refractivity (Wildman–Crippen MR) is 59.6 cm³/mol. The lowest BCUT2D eigenvalue weighted by Gasteiger charge is -1.97. The highest BCUT2D eigenvalue weighted by molar-refractivity contribution is 5.64. The van der Waals surface area contributed by atoms with Crippen molar-refractivity contribution in [1.82, 2.24) is 9.78 Å². The molecule has 3 heteroatoms.